The van der Waals surface area contributed by atoms with Crippen molar-refractivity contribution in [2.45, 2.75) is 70.1 Å². The lowest BCUT2D eigenvalue weighted by molar-refractivity contribution is 0.475. The number of primary sulfonamides is 1. The molecule has 2 aliphatic heterocycles. The number of thioether (sulfide) groups is 1. The molecule has 0 aromatic heterocycles. The van der Waals surface area contributed by atoms with Crippen molar-refractivity contribution in [2.75, 3.05) is 32.4 Å². The SMILES string of the molecule is CC#N.CCN=C(NS(=O)(=O)c1ccccc1Cl)N1CCC(CC)=N1.CCN=C(SC)N1CCC(CC)=N1.NS(=O)(=O)c1ccccc1Cl. The fourth-order valence-electron chi connectivity index (χ4n) is 4.01. The molecule has 0 spiro atoms. The molecule has 0 saturated heterocycles. The van der Waals surface area contributed by atoms with Crippen molar-refractivity contribution < 1.29 is 16.8 Å². The van der Waals surface area contributed by atoms with Crippen molar-refractivity contribution in [1.82, 2.24) is 14.7 Å². The van der Waals surface area contributed by atoms with Gasteiger partial charge in [0.2, 0.25) is 16.0 Å². The number of amidine groups is 1. The number of guanidine groups is 1. The molecule has 0 saturated carbocycles. The van der Waals surface area contributed by atoms with E-state index in [-0.39, 0.29) is 25.8 Å². The molecule has 0 aliphatic carbocycles. The number of sulfonamides is 2. The van der Waals surface area contributed by atoms with Gasteiger partial charge in [0, 0.05) is 57.4 Å². The maximum Gasteiger partial charge on any atom is 0.265 e. The molecule has 0 bridgehead atoms. The van der Waals surface area contributed by atoms with Gasteiger partial charge in [-0.1, -0.05) is 73.1 Å². The summed E-state index contributed by atoms with van der Waals surface area (Å²) in [5.74, 6) is 0.228. The smallest absolute Gasteiger partial charge is 0.261 e. The van der Waals surface area contributed by atoms with Gasteiger partial charge in [-0.2, -0.15) is 15.5 Å². The first kappa shape index (κ1) is 43.8. The number of hydrazone groups is 2. The van der Waals surface area contributed by atoms with Crippen molar-refractivity contribution >= 4 is 77.6 Å². The Bertz CT molecular complexity index is 1740. The Balaban J connectivity index is 0.000000379. The molecule has 2 aliphatic rings. The third-order valence-corrected chi connectivity index (χ3v) is 10.3. The molecular formula is C31H45Cl2N9O4S3. The standard InChI is InChI=1S/C14H19ClN4O2S.C9H17N3S.C6H6ClNO2S.C2H3N/c1-3-11-9-10-19(17-11)14(16-4-2)18-22(20,21)13-8-6-5-7-12(13)15;1-4-8-6-7-12(11-8)9(13-3)10-5-2;7-5-3-1-2-4-6(5)11(8,9)10;1-2-3/h5-8H,3-4,9-10H2,1-2H3,(H,16,18);4-7H2,1-3H3;1-4H,(H2,8,9,10);1H3. The van der Waals surface area contributed by atoms with Gasteiger partial charge in [-0.3, -0.25) is 9.98 Å². The molecule has 2 aromatic rings. The van der Waals surface area contributed by atoms with Crippen molar-refractivity contribution in [3.8, 4) is 6.07 Å². The first-order valence-corrected chi connectivity index (χ1v) is 20.4. The predicted octanol–water partition coefficient (Wildman–Crippen LogP) is 6.18. The maximum atomic E-state index is 12.5. The highest BCUT2D eigenvalue weighted by Gasteiger charge is 2.25. The lowest BCUT2D eigenvalue weighted by atomic mass is 10.2. The van der Waals surface area contributed by atoms with Crippen LogP contribution in [0.1, 0.15) is 60.3 Å². The van der Waals surface area contributed by atoms with E-state index in [1.807, 2.05) is 25.1 Å². The zero-order valence-electron chi connectivity index (χ0n) is 28.6. The molecule has 0 atom stereocenters. The van der Waals surface area contributed by atoms with Crippen LogP contribution in [0.4, 0.5) is 0 Å². The van der Waals surface area contributed by atoms with Crippen LogP contribution in [0, 0.1) is 11.3 Å². The number of benzene rings is 2. The van der Waals surface area contributed by atoms with E-state index in [1.165, 1.54) is 36.9 Å². The van der Waals surface area contributed by atoms with E-state index in [2.05, 4.69) is 38.8 Å². The topological polar surface area (TPSA) is 186 Å². The summed E-state index contributed by atoms with van der Waals surface area (Å²) in [6, 6.07) is 14.1. The van der Waals surface area contributed by atoms with Crippen LogP contribution in [-0.4, -0.2) is 81.8 Å². The molecule has 18 heteroatoms. The van der Waals surface area contributed by atoms with Gasteiger partial charge in [-0.25, -0.2) is 36.7 Å². The number of nitriles is 1. The zero-order chi connectivity index (χ0) is 37.0. The number of nitrogens with zero attached hydrogens (tertiary/aromatic N) is 7. The summed E-state index contributed by atoms with van der Waals surface area (Å²) in [4.78, 5) is 8.60. The molecule has 3 N–H and O–H groups in total. The highest BCUT2D eigenvalue weighted by Crippen LogP contribution is 2.21. The maximum absolute atomic E-state index is 12.5. The number of hydrogen-bond acceptors (Lipinski definition) is 10. The molecule has 2 aromatic carbocycles. The molecule has 0 unspecified atom stereocenters. The zero-order valence-corrected chi connectivity index (χ0v) is 32.6. The van der Waals surface area contributed by atoms with E-state index in [4.69, 9.17) is 33.6 Å². The summed E-state index contributed by atoms with van der Waals surface area (Å²) in [6.07, 6.45) is 5.86. The average molecular weight is 775 g/mol. The monoisotopic (exact) mass is 773 g/mol. The second-order valence-corrected chi connectivity index (χ2v) is 14.5. The number of halogens is 2. The Morgan fingerprint density at radius 1 is 0.878 bits per heavy atom. The largest absolute Gasteiger partial charge is 0.265 e. The quantitative estimate of drug-likeness (QED) is 0.247. The number of rotatable bonds is 7. The minimum Gasteiger partial charge on any atom is -0.261 e. The lowest BCUT2D eigenvalue weighted by Crippen LogP contribution is -2.41. The van der Waals surface area contributed by atoms with Crippen LogP contribution in [0.2, 0.25) is 10.0 Å². The van der Waals surface area contributed by atoms with Gasteiger partial charge in [0.15, 0.2) is 5.17 Å². The molecule has 2 heterocycles. The summed E-state index contributed by atoms with van der Waals surface area (Å²) >= 11 is 13.2. The first-order chi connectivity index (χ1) is 23.2. The number of nitrogens with one attached hydrogen (secondary N) is 1. The Morgan fingerprint density at radius 3 is 1.71 bits per heavy atom. The number of hydrogen-bond donors (Lipinski definition) is 2. The van der Waals surface area contributed by atoms with Crippen LogP contribution in [0.15, 0.2) is 78.5 Å². The van der Waals surface area contributed by atoms with Gasteiger partial charge in [0.25, 0.3) is 10.0 Å². The van der Waals surface area contributed by atoms with Crippen LogP contribution >= 0.6 is 35.0 Å². The number of nitrogens with two attached hydrogens (primary N) is 1. The molecule has 0 radical (unpaired) electrons. The van der Waals surface area contributed by atoms with Gasteiger partial charge in [-0.15, -0.1) is 0 Å². The van der Waals surface area contributed by atoms with E-state index in [0.29, 0.717) is 13.1 Å². The molecular weight excluding hydrogens is 730 g/mol. The summed E-state index contributed by atoms with van der Waals surface area (Å²) in [7, 11) is -7.46. The normalized spacial score (nSPS) is 14.6. The number of aliphatic imine (C=N–C) groups is 2. The highest BCUT2D eigenvalue weighted by molar-refractivity contribution is 8.13. The minimum atomic E-state index is -3.80. The fourth-order valence-corrected chi connectivity index (χ4v) is 7.23. The summed E-state index contributed by atoms with van der Waals surface area (Å²) in [5.41, 5.74) is 2.32. The molecule has 270 valence electrons. The van der Waals surface area contributed by atoms with Gasteiger partial charge in [0.05, 0.1) is 16.1 Å². The van der Waals surface area contributed by atoms with Gasteiger partial charge in [-0.05, 0) is 57.2 Å². The van der Waals surface area contributed by atoms with Gasteiger partial charge < -0.3 is 0 Å². The second-order valence-electron chi connectivity index (χ2n) is 9.78. The molecule has 4 rings (SSSR count). The summed E-state index contributed by atoms with van der Waals surface area (Å²) in [6.45, 7) is 12.4. The van der Waals surface area contributed by atoms with E-state index in [9.17, 15) is 16.8 Å². The van der Waals surface area contributed by atoms with E-state index in [1.54, 1.807) is 47.1 Å². The van der Waals surface area contributed by atoms with Crippen molar-refractivity contribution in [1.29, 1.82) is 5.26 Å². The van der Waals surface area contributed by atoms with Crippen LogP contribution in [0.25, 0.3) is 0 Å². The average Bonchev–Trinajstić information content (AvgIpc) is 3.75. The Labute approximate surface area is 305 Å². The Kier molecular flexibility index (Phi) is 20.1. The van der Waals surface area contributed by atoms with Gasteiger partial charge >= 0.3 is 0 Å². The summed E-state index contributed by atoms with van der Waals surface area (Å²) < 4.78 is 49.0. The van der Waals surface area contributed by atoms with Crippen LogP contribution < -0.4 is 9.86 Å². The van der Waals surface area contributed by atoms with Crippen LogP contribution in [-0.2, 0) is 20.0 Å². The third-order valence-electron chi connectivity index (χ3n) is 6.31. The van der Waals surface area contributed by atoms with Crippen molar-refractivity contribution in [3.63, 3.8) is 0 Å². The van der Waals surface area contributed by atoms with Crippen molar-refractivity contribution in [3.05, 3.63) is 58.6 Å². The molecule has 0 fully saturated rings. The minimum absolute atomic E-state index is 0.0272. The molecule has 0 amide bonds. The van der Waals surface area contributed by atoms with Gasteiger partial charge in [0.1, 0.15) is 9.79 Å². The summed E-state index contributed by atoms with van der Waals surface area (Å²) in [5, 5.41) is 26.0. The van der Waals surface area contributed by atoms with E-state index in [0.717, 1.165) is 49.7 Å². The highest BCUT2D eigenvalue weighted by atomic mass is 35.5. The molecule has 49 heavy (non-hydrogen) atoms. The van der Waals surface area contributed by atoms with E-state index >= 15 is 0 Å². The predicted molar refractivity (Wildman–Crippen MR) is 203 cm³/mol. The Hall–Kier alpha value is -3.20. The van der Waals surface area contributed by atoms with E-state index < -0.39 is 20.0 Å². The van der Waals surface area contributed by atoms with Crippen LogP contribution in [0.3, 0.4) is 0 Å². The van der Waals surface area contributed by atoms with Crippen molar-refractivity contribution in [2.24, 2.45) is 25.3 Å². The van der Waals surface area contributed by atoms with Crippen LogP contribution in [0.5, 0.6) is 0 Å². The molecule has 13 nitrogen and oxygen atoms in total. The second kappa shape index (κ2) is 22.5. The first-order valence-electron chi connectivity index (χ1n) is 15.4. The Morgan fingerprint density at radius 2 is 1.33 bits per heavy atom. The lowest BCUT2D eigenvalue weighted by Gasteiger charge is -2.18. The fraction of sp³-hybridized carbons (Fsp3) is 0.452. The third kappa shape index (κ3) is 15.1.